The molecular weight excluding hydrogens is 486 g/mol. The fourth-order valence-electron chi connectivity index (χ4n) is 3.53. The van der Waals surface area contributed by atoms with Crippen molar-refractivity contribution in [2.24, 2.45) is 10.1 Å². The number of hydrogen-bond acceptors (Lipinski definition) is 7. The second kappa shape index (κ2) is 9.15. The van der Waals surface area contributed by atoms with E-state index in [1.165, 1.54) is 33.9 Å². The van der Waals surface area contributed by atoms with Crippen LogP contribution >= 0.6 is 21.8 Å². The zero-order valence-electron chi connectivity index (χ0n) is 17.9. The summed E-state index contributed by atoms with van der Waals surface area (Å²) in [5.41, 5.74) is 9.62. The first-order valence-corrected chi connectivity index (χ1v) is 14.0. The summed E-state index contributed by atoms with van der Waals surface area (Å²) in [6.45, 7) is 0. The van der Waals surface area contributed by atoms with E-state index in [4.69, 9.17) is 10.9 Å². The molecular formula is C24H21N5O2S3. The van der Waals surface area contributed by atoms with Crippen molar-refractivity contribution in [2.45, 2.75) is 11.3 Å². The van der Waals surface area contributed by atoms with Crippen LogP contribution in [0.3, 0.4) is 0 Å². The number of aliphatic imine (C=N–C) groups is 1. The molecule has 0 radical (unpaired) electrons. The van der Waals surface area contributed by atoms with E-state index in [0.29, 0.717) is 5.13 Å². The number of nitrogens with zero attached hydrogens (tertiary/aromatic N) is 2. The van der Waals surface area contributed by atoms with Crippen LogP contribution in [0.5, 0.6) is 0 Å². The molecule has 0 amide bonds. The highest BCUT2D eigenvalue weighted by Gasteiger charge is 2.18. The third-order valence-corrected chi connectivity index (χ3v) is 9.23. The molecule has 0 spiro atoms. The molecule has 0 fully saturated rings. The molecule has 1 atom stereocenters. The smallest absolute Gasteiger partial charge is 0.238 e. The quantitative estimate of drug-likeness (QED) is 0.337. The van der Waals surface area contributed by atoms with Crippen LogP contribution in [0.2, 0.25) is 0 Å². The summed E-state index contributed by atoms with van der Waals surface area (Å²) in [5, 5.41) is 12.2. The van der Waals surface area contributed by atoms with Crippen LogP contribution in [0.25, 0.3) is 5.57 Å². The van der Waals surface area contributed by atoms with Crippen molar-refractivity contribution < 1.29 is 8.42 Å². The molecule has 34 heavy (non-hydrogen) atoms. The minimum Gasteiger partial charge on any atom is -0.399 e. The van der Waals surface area contributed by atoms with Gasteiger partial charge in [-0.05, 0) is 64.2 Å². The molecule has 7 nitrogen and oxygen atoms in total. The Kier molecular flexibility index (Phi) is 6.05. The number of nitrogens with one attached hydrogen (secondary N) is 1. The van der Waals surface area contributed by atoms with Gasteiger partial charge in [-0.15, -0.1) is 10.5 Å². The highest BCUT2D eigenvalue weighted by atomic mass is 32.2. The van der Waals surface area contributed by atoms with Gasteiger partial charge < -0.3 is 11.1 Å². The Bertz CT molecular complexity index is 1510. The molecule has 10 heteroatoms. The van der Waals surface area contributed by atoms with Crippen molar-refractivity contribution in [3.8, 4) is 0 Å². The molecule has 2 heterocycles. The van der Waals surface area contributed by atoms with Gasteiger partial charge in [-0.25, -0.2) is 23.5 Å². The van der Waals surface area contributed by atoms with Crippen LogP contribution in [-0.4, -0.2) is 23.3 Å². The minimum atomic E-state index is -3.72. The first kappa shape index (κ1) is 22.5. The number of sulfonamides is 1. The van der Waals surface area contributed by atoms with E-state index in [0.717, 1.165) is 33.3 Å². The van der Waals surface area contributed by atoms with Gasteiger partial charge >= 0.3 is 0 Å². The lowest BCUT2D eigenvalue weighted by Gasteiger charge is -2.13. The Morgan fingerprint density at radius 3 is 2.47 bits per heavy atom. The Morgan fingerprint density at radius 2 is 1.79 bits per heavy atom. The van der Waals surface area contributed by atoms with Crippen molar-refractivity contribution in [2.75, 3.05) is 11.1 Å². The van der Waals surface area contributed by atoms with E-state index in [9.17, 15) is 8.42 Å². The molecule has 5 rings (SSSR count). The number of nitrogens with two attached hydrogens (primary N) is 2. The van der Waals surface area contributed by atoms with Gasteiger partial charge in [0, 0.05) is 17.6 Å². The van der Waals surface area contributed by atoms with Crippen molar-refractivity contribution in [1.29, 1.82) is 0 Å². The van der Waals surface area contributed by atoms with Crippen molar-refractivity contribution >= 4 is 63.8 Å². The average molecular weight is 508 g/mol. The van der Waals surface area contributed by atoms with Crippen LogP contribution in [-0.2, 0) is 10.0 Å². The number of rotatable bonds is 5. The van der Waals surface area contributed by atoms with Gasteiger partial charge in [0.1, 0.15) is 5.04 Å². The van der Waals surface area contributed by atoms with E-state index in [-0.39, 0.29) is 15.4 Å². The van der Waals surface area contributed by atoms with Crippen LogP contribution in [0.15, 0.2) is 94.5 Å². The summed E-state index contributed by atoms with van der Waals surface area (Å²) in [6, 6.07) is 14.2. The van der Waals surface area contributed by atoms with Gasteiger partial charge in [0.15, 0.2) is 5.13 Å². The largest absolute Gasteiger partial charge is 0.399 e. The number of primary sulfonamides is 1. The highest BCUT2D eigenvalue weighted by Crippen LogP contribution is 2.36. The van der Waals surface area contributed by atoms with Gasteiger partial charge in [0.05, 0.1) is 16.0 Å². The summed E-state index contributed by atoms with van der Waals surface area (Å²) in [5.74, 6) is 0. The molecule has 5 N–H and O–H groups in total. The maximum absolute atomic E-state index is 11.4. The normalized spacial score (nSPS) is 18.6. The summed E-state index contributed by atoms with van der Waals surface area (Å²) in [4.78, 5) is 11.5. The molecule has 0 saturated heterocycles. The SMILES string of the molecule is Nc1ccc(C2=CCC(=S3C=CN=C3c3cnc(Nc4ccc(S(N)(=O)=O)cc4)s3)C=C2)cc1. The van der Waals surface area contributed by atoms with E-state index in [1.54, 1.807) is 12.1 Å². The van der Waals surface area contributed by atoms with Gasteiger partial charge in [0.2, 0.25) is 10.0 Å². The highest BCUT2D eigenvalue weighted by molar-refractivity contribution is 8.32. The predicted octanol–water partition coefficient (Wildman–Crippen LogP) is 4.83. The van der Waals surface area contributed by atoms with E-state index >= 15 is 0 Å². The molecule has 0 bridgehead atoms. The zero-order valence-corrected chi connectivity index (χ0v) is 20.3. The average Bonchev–Trinajstić information content (AvgIpc) is 3.49. The third kappa shape index (κ3) is 4.80. The summed E-state index contributed by atoms with van der Waals surface area (Å²) in [6.07, 6.45) is 11.1. The van der Waals surface area contributed by atoms with Gasteiger partial charge in [-0.1, -0.05) is 41.7 Å². The Hall–Kier alpha value is -3.31. The fraction of sp³-hybridized carbons (Fsp3) is 0.0417. The van der Waals surface area contributed by atoms with E-state index < -0.39 is 10.0 Å². The molecule has 172 valence electrons. The zero-order chi connectivity index (χ0) is 23.7. The van der Waals surface area contributed by atoms with E-state index in [1.807, 2.05) is 36.7 Å². The van der Waals surface area contributed by atoms with Crippen LogP contribution in [0.1, 0.15) is 16.9 Å². The third-order valence-electron chi connectivity index (χ3n) is 5.25. The number of hydrogen-bond donors (Lipinski definition) is 3. The van der Waals surface area contributed by atoms with Crippen molar-refractivity contribution in [1.82, 2.24) is 4.98 Å². The van der Waals surface area contributed by atoms with Gasteiger partial charge in [-0.3, -0.25) is 0 Å². The number of anilines is 3. The second-order valence-corrected chi connectivity index (χ2v) is 12.0. The Balaban J connectivity index is 1.32. The standard InChI is InChI=1S/C24H21N5O2S3/c25-18-5-1-16(2-6-18)17-3-9-20(10-4-17)33-14-13-27-23(33)22-15-28-24(32-22)29-19-7-11-21(12-8-19)34(26,30)31/h1-9,11-15H,10,25H2,(H,28,29)(H2,26,30,31). The Labute approximate surface area is 204 Å². The number of thiazole rings is 1. The van der Waals surface area contributed by atoms with Crippen molar-refractivity contribution in [3.05, 3.63) is 95.0 Å². The number of nitrogen functional groups attached to an aromatic ring is 1. The second-order valence-electron chi connectivity index (χ2n) is 7.57. The Morgan fingerprint density at radius 1 is 1.03 bits per heavy atom. The van der Waals surface area contributed by atoms with Crippen LogP contribution in [0.4, 0.5) is 16.5 Å². The molecule has 1 aliphatic heterocycles. The molecule has 2 aliphatic rings. The molecule has 1 aliphatic carbocycles. The molecule has 0 saturated carbocycles. The molecule has 1 aromatic heterocycles. The predicted molar refractivity (Wildman–Crippen MR) is 144 cm³/mol. The first-order valence-electron chi connectivity index (χ1n) is 10.3. The number of benzene rings is 2. The van der Waals surface area contributed by atoms with Crippen LogP contribution < -0.4 is 16.2 Å². The maximum atomic E-state index is 11.4. The minimum absolute atomic E-state index is 0.0690. The van der Waals surface area contributed by atoms with Crippen molar-refractivity contribution in [3.63, 3.8) is 0 Å². The van der Waals surface area contributed by atoms with E-state index in [2.05, 4.69) is 38.9 Å². The lowest BCUT2D eigenvalue weighted by atomic mass is 9.99. The molecule has 1 unspecified atom stereocenters. The summed E-state index contributed by atoms with van der Waals surface area (Å²) >= 11 is 1.51. The monoisotopic (exact) mass is 507 g/mol. The lowest BCUT2D eigenvalue weighted by Crippen LogP contribution is -2.11. The number of allylic oxidation sites excluding steroid dienone is 4. The topological polar surface area (TPSA) is 123 Å². The number of aromatic nitrogens is 1. The first-order chi connectivity index (χ1) is 16.4. The lowest BCUT2D eigenvalue weighted by molar-refractivity contribution is 0.598. The van der Waals surface area contributed by atoms with Gasteiger partial charge in [0.25, 0.3) is 0 Å². The van der Waals surface area contributed by atoms with Crippen LogP contribution in [0, 0.1) is 0 Å². The summed E-state index contributed by atoms with van der Waals surface area (Å²) in [7, 11) is -3.94. The fourth-order valence-corrected chi connectivity index (χ4v) is 6.82. The molecule has 3 aromatic rings. The summed E-state index contributed by atoms with van der Waals surface area (Å²) < 4.78 is 22.9. The molecule has 2 aromatic carbocycles. The maximum Gasteiger partial charge on any atom is 0.238 e. The van der Waals surface area contributed by atoms with Gasteiger partial charge in [-0.2, -0.15) is 0 Å².